The molecule has 1 saturated heterocycles. The molecule has 1 aliphatic rings. The number of carbonyl (C=O) groups is 1. The van der Waals surface area contributed by atoms with Crippen molar-refractivity contribution in [3.05, 3.63) is 48.4 Å². The Morgan fingerprint density at radius 2 is 1.92 bits per heavy atom. The van der Waals surface area contributed by atoms with E-state index in [0.717, 1.165) is 41.4 Å². The number of ether oxygens (including phenoxy) is 3. The molecule has 2 N–H and O–H groups in total. The van der Waals surface area contributed by atoms with Gasteiger partial charge in [-0.25, -0.2) is 5.48 Å². The highest BCUT2D eigenvalue weighted by atomic mass is 32.7. The third-order valence-corrected chi connectivity index (χ3v) is 14.0. The molecule has 0 aliphatic carbocycles. The smallest absolute Gasteiger partial charge is 0.257 e. The van der Waals surface area contributed by atoms with Crippen LogP contribution in [0.15, 0.2) is 56.7 Å². The second kappa shape index (κ2) is 13.6. The molecule has 4 rings (SSSR count). The molecule has 13 heteroatoms. The van der Waals surface area contributed by atoms with Gasteiger partial charge in [-0.05, 0) is 74.6 Å². The molecular formula is C26H32N2O7P2S2. The second-order valence-corrected chi connectivity index (χ2v) is 16.5. The van der Waals surface area contributed by atoms with Crippen LogP contribution in [-0.2, 0) is 20.5 Å². The van der Waals surface area contributed by atoms with Gasteiger partial charge in [0.25, 0.3) is 5.91 Å². The van der Waals surface area contributed by atoms with Gasteiger partial charge in [0.05, 0.1) is 27.6 Å². The van der Waals surface area contributed by atoms with E-state index in [1.54, 1.807) is 31.0 Å². The zero-order valence-electron chi connectivity index (χ0n) is 22.0. The molecule has 1 aromatic heterocycles. The summed E-state index contributed by atoms with van der Waals surface area (Å²) >= 11 is 2.84. The Bertz CT molecular complexity index is 1310. The van der Waals surface area contributed by atoms with Crippen LogP contribution in [0.3, 0.4) is 0 Å². The summed E-state index contributed by atoms with van der Waals surface area (Å²) in [5, 5.41) is 8.12. The maximum Gasteiger partial charge on any atom is 0.257 e. The quantitative estimate of drug-likeness (QED) is 0.0752. The SMILES string of the molecule is COc1cc(SC)ccc1-c1oc(CCCOc2ccc(SP(C)(=O)C3(C(=O)NO)CCOCC3)cc2)np1. The Labute approximate surface area is 238 Å². The first kappa shape index (κ1) is 30.0. The molecule has 0 bridgehead atoms. The molecule has 0 radical (unpaired) electrons. The number of amides is 1. The van der Waals surface area contributed by atoms with E-state index in [-0.39, 0.29) is 0 Å². The fraction of sp³-hybridized carbons (Fsp3) is 0.423. The highest BCUT2D eigenvalue weighted by molar-refractivity contribution is 8.58. The van der Waals surface area contributed by atoms with Crippen molar-refractivity contribution < 1.29 is 33.2 Å². The van der Waals surface area contributed by atoms with Crippen molar-refractivity contribution in [3.8, 4) is 22.6 Å². The van der Waals surface area contributed by atoms with Crippen molar-refractivity contribution in [1.29, 1.82) is 0 Å². The van der Waals surface area contributed by atoms with E-state index in [1.807, 2.05) is 48.7 Å². The van der Waals surface area contributed by atoms with Gasteiger partial charge in [0.2, 0.25) is 0 Å². The van der Waals surface area contributed by atoms with Crippen molar-refractivity contribution in [2.75, 3.05) is 39.9 Å². The van der Waals surface area contributed by atoms with E-state index in [9.17, 15) is 14.6 Å². The van der Waals surface area contributed by atoms with Crippen molar-refractivity contribution in [3.63, 3.8) is 0 Å². The number of thioether (sulfide) groups is 1. The minimum atomic E-state index is -3.10. The van der Waals surface area contributed by atoms with Crippen LogP contribution in [0.2, 0.25) is 0 Å². The summed E-state index contributed by atoms with van der Waals surface area (Å²) in [5.41, 5.74) is 3.38. The Balaban J connectivity index is 1.29. The standard InChI is InChI=1S/C26H32N2O7P2S2/c1-32-22-17-20(38-3)10-11-21(22)24-35-23(28-36-24)5-4-14-34-18-6-8-19(9-7-18)39-37(2,31)26(25(29)27-30)12-15-33-16-13-26/h6-11,17,30H,4-5,12-16H2,1-3H3,(H,27,29). The lowest BCUT2D eigenvalue weighted by Gasteiger charge is -2.39. The van der Waals surface area contributed by atoms with E-state index in [0.29, 0.717) is 50.7 Å². The number of aromatic nitrogens is 1. The molecule has 1 aliphatic heterocycles. The summed E-state index contributed by atoms with van der Waals surface area (Å²) < 4.78 is 41.0. The summed E-state index contributed by atoms with van der Waals surface area (Å²) in [6.45, 7) is 2.75. The van der Waals surface area contributed by atoms with E-state index < -0.39 is 17.4 Å². The van der Waals surface area contributed by atoms with Gasteiger partial charge in [0, 0.05) is 29.4 Å². The van der Waals surface area contributed by atoms with Crippen molar-refractivity contribution in [2.24, 2.45) is 0 Å². The van der Waals surface area contributed by atoms with Crippen LogP contribution in [0.5, 0.6) is 11.5 Å². The maximum absolute atomic E-state index is 13.7. The third kappa shape index (κ3) is 7.02. The molecule has 2 aromatic carbocycles. The van der Waals surface area contributed by atoms with Crippen LogP contribution in [0, 0.1) is 0 Å². The molecule has 2 heterocycles. The first-order valence-corrected chi connectivity index (χ1v) is 18.0. The fourth-order valence-corrected chi connectivity index (χ4v) is 10.7. The Kier molecular flexibility index (Phi) is 10.4. The number of hydrogen-bond acceptors (Lipinski definition) is 10. The zero-order valence-corrected chi connectivity index (χ0v) is 25.5. The molecule has 1 unspecified atom stereocenters. The first-order valence-electron chi connectivity index (χ1n) is 12.4. The largest absolute Gasteiger partial charge is 0.496 e. The third-order valence-electron chi connectivity index (χ3n) is 6.63. The van der Waals surface area contributed by atoms with Crippen LogP contribution < -0.4 is 15.0 Å². The number of methoxy groups -OCH3 is 1. The number of hydroxylamine groups is 1. The summed E-state index contributed by atoms with van der Waals surface area (Å²) in [6, 6.07) is 13.3. The second-order valence-electron chi connectivity index (χ2n) is 9.01. The Morgan fingerprint density at radius 1 is 1.21 bits per heavy atom. The van der Waals surface area contributed by atoms with Gasteiger partial charge >= 0.3 is 0 Å². The molecule has 9 nitrogen and oxygen atoms in total. The summed E-state index contributed by atoms with van der Waals surface area (Å²) in [7, 11) is 2.41. The van der Waals surface area contributed by atoms with Gasteiger partial charge in [0.1, 0.15) is 16.7 Å². The van der Waals surface area contributed by atoms with E-state index in [4.69, 9.17) is 18.6 Å². The van der Waals surface area contributed by atoms with Gasteiger partial charge in [-0.15, -0.1) is 11.8 Å². The summed E-state index contributed by atoms with van der Waals surface area (Å²) in [5.74, 6) is 1.52. The van der Waals surface area contributed by atoms with E-state index >= 15 is 0 Å². The average molecular weight is 611 g/mol. The van der Waals surface area contributed by atoms with E-state index in [1.165, 1.54) is 11.4 Å². The number of nitrogens with one attached hydrogen (secondary N) is 1. The molecule has 210 valence electrons. The predicted octanol–water partition coefficient (Wildman–Crippen LogP) is 6.72. The van der Waals surface area contributed by atoms with E-state index in [2.05, 4.69) is 4.75 Å². The van der Waals surface area contributed by atoms with Crippen molar-refractivity contribution in [1.82, 2.24) is 10.2 Å². The van der Waals surface area contributed by atoms with Crippen LogP contribution in [0.4, 0.5) is 0 Å². The zero-order chi connectivity index (χ0) is 27.9. The van der Waals surface area contributed by atoms with Gasteiger partial charge in [-0.1, -0.05) is 11.4 Å². The number of carbonyl (C=O) groups excluding carboxylic acids is 1. The summed E-state index contributed by atoms with van der Waals surface area (Å²) in [6.07, 6.45) is 0.896. The lowest BCUT2D eigenvalue weighted by atomic mass is 9.98. The number of hydrogen-bond donors (Lipinski definition) is 2. The van der Waals surface area contributed by atoms with Crippen molar-refractivity contribution in [2.45, 2.75) is 40.6 Å². The number of benzene rings is 2. The normalized spacial score (nSPS) is 16.5. The fourth-order valence-electron chi connectivity index (χ4n) is 4.37. The minimum Gasteiger partial charge on any atom is -0.496 e. The van der Waals surface area contributed by atoms with Gasteiger partial charge in [-0.2, -0.15) is 4.75 Å². The molecule has 1 atom stereocenters. The lowest BCUT2D eigenvalue weighted by molar-refractivity contribution is -0.134. The van der Waals surface area contributed by atoms with Crippen LogP contribution in [0.25, 0.3) is 11.1 Å². The van der Waals surface area contributed by atoms with Crippen molar-refractivity contribution >= 4 is 43.7 Å². The van der Waals surface area contributed by atoms with Gasteiger partial charge in [-0.3, -0.25) is 10.0 Å². The predicted molar refractivity (Wildman–Crippen MR) is 155 cm³/mol. The highest BCUT2D eigenvalue weighted by Gasteiger charge is 2.52. The number of aryl methyl sites for hydroxylation is 1. The lowest BCUT2D eigenvalue weighted by Crippen LogP contribution is -2.48. The molecular weight excluding hydrogens is 578 g/mol. The monoisotopic (exact) mass is 610 g/mol. The molecule has 0 saturated carbocycles. The highest BCUT2D eigenvalue weighted by Crippen LogP contribution is 2.70. The average Bonchev–Trinajstić information content (AvgIpc) is 3.44. The minimum absolute atomic E-state index is 0.299. The Hall–Kier alpha value is -2.00. The van der Waals surface area contributed by atoms with Crippen LogP contribution in [-0.4, -0.2) is 60.9 Å². The first-order chi connectivity index (χ1) is 18.8. The van der Waals surface area contributed by atoms with Gasteiger partial charge < -0.3 is 23.2 Å². The number of rotatable bonds is 12. The maximum atomic E-state index is 13.7. The number of nitrogens with zero attached hydrogens (tertiary/aromatic N) is 1. The molecule has 39 heavy (non-hydrogen) atoms. The van der Waals surface area contributed by atoms with Crippen LogP contribution >= 0.6 is 37.8 Å². The Morgan fingerprint density at radius 3 is 2.59 bits per heavy atom. The summed E-state index contributed by atoms with van der Waals surface area (Å²) in [4.78, 5) is 14.4. The molecule has 1 fully saturated rings. The molecule has 3 aromatic rings. The van der Waals surface area contributed by atoms with Crippen LogP contribution in [0.1, 0.15) is 25.2 Å². The van der Waals surface area contributed by atoms with Gasteiger partial charge in [0.15, 0.2) is 17.7 Å². The molecule has 1 amide bonds. The topological polar surface area (TPSA) is 120 Å². The molecule has 0 spiro atoms.